The molecule has 7 nitrogen and oxygen atoms in total. The number of fused-ring (bicyclic) bond motifs is 1. The van der Waals surface area contributed by atoms with Crippen LogP contribution in [0.5, 0.6) is 0 Å². The summed E-state index contributed by atoms with van der Waals surface area (Å²) in [6, 6.07) is 4.11. The van der Waals surface area contributed by atoms with Crippen molar-refractivity contribution in [1.29, 1.82) is 0 Å². The van der Waals surface area contributed by atoms with Gasteiger partial charge in [-0.15, -0.1) is 11.8 Å². The number of likely N-dealkylation sites (tertiary alicyclic amines) is 1. The number of carbonyl (C=O) groups excluding carboxylic acids is 3. The maximum absolute atomic E-state index is 14.2. The number of rotatable bonds is 9. The van der Waals surface area contributed by atoms with Gasteiger partial charge in [-0.05, 0) is 49.7 Å². The Morgan fingerprint density at radius 2 is 2.03 bits per heavy atom. The fourth-order valence-electron chi connectivity index (χ4n) is 6.62. The molecule has 3 heterocycles. The lowest BCUT2D eigenvalue weighted by Crippen LogP contribution is -2.57. The number of aliphatic hydroxyl groups is 1. The summed E-state index contributed by atoms with van der Waals surface area (Å²) in [5.74, 6) is -1.41. The molecule has 0 saturated carbocycles. The molecule has 3 fully saturated rings. The van der Waals surface area contributed by atoms with Crippen molar-refractivity contribution in [2.24, 2.45) is 23.7 Å². The van der Waals surface area contributed by atoms with Crippen LogP contribution in [0.3, 0.4) is 0 Å². The molecule has 198 valence electrons. The van der Waals surface area contributed by atoms with E-state index in [-0.39, 0.29) is 41.4 Å². The van der Waals surface area contributed by atoms with Gasteiger partial charge in [0.2, 0.25) is 17.7 Å². The fourth-order valence-corrected chi connectivity index (χ4v) is 9.30. The van der Waals surface area contributed by atoms with Crippen LogP contribution in [0.1, 0.15) is 52.5 Å². The molecule has 7 atom stereocenters. The third kappa shape index (κ3) is 4.33. The van der Waals surface area contributed by atoms with E-state index >= 15 is 0 Å². The van der Waals surface area contributed by atoms with Crippen LogP contribution in [-0.2, 0) is 14.4 Å². The third-order valence-electron chi connectivity index (χ3n) is 8.10. The zero-order valence-electron chi connectivity index (χ0n) is 21.7. The quantitative estimate of drug-likeness (QED) is 0.446. The summed E-state index contributed by atoms with van der Waals surface area (Å²) in [6.07, 6.45) is 2.15. The number of anilines is 1. The average Bonchev–Trinajstić information content (AvgIpc) is 3.42. The first-order valence-corrected chi connectivity index (χ1v) is 14.3. The number of aliphatic hydroxyl groups excluding tert-OH is 1. The van der Waals surface area contributed by atoms with Crippen molar-refractivity contribution in [3.05, 3.63) is 28.8 Å². The Morgan fingerprint density at radius 3 is 2.64 bits per heavy atom. The molecule has 3 amide bonds. The number of nitrogens with one attached hydrogen (secondary N) is 2. The summed E-state index contributed by atoms with van der Waals surface area (Å²) in [6.45, 7) is 10.4. The first-order chi connectivity index (χ1) is 17.1. The van der Waals surface area contributed by atoms with Gasteiger partial charge < -0.3 is 20.6 Å². The second-order valence-corrected chi connectivity index (χ2v) is 12.9. The molecule has 2 bridgehead atoms. The molecule has 3 unspecified atom stereocenters. The maximum atomic E-state index is 14.2. The number of para-hydroxylation sites is 1. The normalized spacial score (nSPS) is 31.6. The molecule has 0 aliphatic carbocycles. The van der Waals surface area contributed by atoms with Crippen molar-refractivity contribution in [3.8, 4) is 0 Å². The van der Waals surface area contributed by atoms with Crippen molar-refractivity contribution in [2.75, 3.05) is 18.5 Å². The molecule has 1 aromatic rings. The summed E-state index contributed by atoms with van der Waals surface area (Å²) < 4.78 is -0.736. The molecule has 36 heavy (non-hydrogen) atoms. The van der Waals surface area contributed by atoms with Crippen LogP contribution in [0.4, 0.5) is 5.69 Å². The molecule has 3 aliphatic heterocycles. The number of hydrogen-bond donors (Lipinski definition) is 3. The van der Waals surface area contributed by atoms with E-state index in [1.807, 2.05) is 39.8 Å². The van der Waals surface area contributed by atoms with Crippen molar-refractivity contribution < 1.29 is 19.5 Å². The van der Waals surface area contributed by atoms with Crippen molar-refractivity contribution >= 4 is 46.8 Å². The van der Waals surface area contributed by atoms with E-state index in [9.17, 15) is 19.5 Å². The number of halogens is 1. The van der Waals surface area contributed by atoms with Gasteiger partial charge in [0.15, 0.2) is 0 Å². The Hall–Kier alpha value is -1.77. The van der Waals surface area contributed by atoms with Crippen LogP contribution in [0.25, 0.3) is 0 Å². The predicted octanol–water partition coefficient (Wildman–Crippen LogP) is 3.86. The van der Waals surface area contributed by atoms with E-state index in [0.717, 1.165) is 18.4 Å². The Morgan fingerprint density at radius 1 is 1.31 bits per heavy atom. The van der Waals surface area contributed by atoms with Gasteiger partial charge in [-0.2, -0.15) is 0 Å². The molecule has 0 aromatic heterocycles. The van der Waals surface area contributed by atoms with E-state index in [0.29, 0.717) is 23.7 Å². The highest BCUT2D eigenvalue weighted by atomic mass is 35.5. The van der Waals surface area contributed by atoms with Crippen molar-refractivity contribution in [2.45, 2.75) is 76.0 Å². The maximum Gasteiger partial charge on any atom is 0.248 e. The Kier molecular flexibility index (Phi) is 7.98. The van der Waals surface area contributed by atoms with Crippen LogP contribution < -0.4 is 10.6 Å². The van der Waals surface area contributed by atoms with Crippen LogP contribution in [-0.4, -0.2) is 63.0 Å². The lowest BCUT2D eigenvalue weighted by atomic mass is 9.66. The molecule has 3 saturated heterocycles. The number of benzene rings is 1. The fraction of sp³-hybridized carbons (Fsp3) is 0.667. The first-order valence-electron chi connectivity index (χ1n) is 13.0. The second-order valence-electron chi connectivity index (χ2n) is 11.0. The minimum Gasteiger partial charge on any atom is -0.394 e. The number of thioether (sulfide) groups is 1. The molecule has 0 radical (unpaired) electrons. The van der Waals surface area contributed by atoms with Crippen molar-refractivity contribution in [3.63, 3.8) is 0 Å². The van der Waals surface area contributed by atoms with E-state index in [1.165, 1.54) is 0 Å². The largest absolute Gasteiger partial charge is 0.394 e. The molecule has 1 aromatic carbocycles. The smallest absolute Gasteiger partial charge is 0.248 e. The Balaban J connectivity index is 1.79. The summed E-state index contributed by atoms with van der Waals surface area (Å²) in [4.78, 5) is 43.3. The van der Waals surface area contributed by atoms with Crippen LogP contribution in [0, 0.1) is 30.6 Å². The molecule has 3 N–H and O–H groups in total. The summed E-state index contributed by atoms with van der Waals surface area (Å²) in [5.41, 5.74) is 1.36. The number of nitrogens with zero attached hydrogens (tertiary/aromatic N) is 1. The summed E-state index contributed by atoms with van der Waals surface area (Å²) in [5, 5.41) is 16.8. The number of aryl methyl sites for hydroxylation is 1. The van der Waals surface area contributed by atoms with Gasteiger partial charge in [0.05, 0.1) is 39.9 Å². The van der Waals surface area contributed by atoms with E-state index in [2.05, 4.69) is 17.6 Å². The Bertz CT molecular complexity index is 1020. The zero-order valence-corrected chi connectivity index (χ0v) is 23.3. The standard InChI is InChI=1S/C27H38ClN3O4S/c1-6-10-29-24(33)20-19-12-16(5)27(36-19)21(20)26(35)31(17(13-32)11-14(2)3)23(27)25(34)30-22-15(4)8-7-9-18(22)28/h7-9,14,16-17,19-21,23,32H,6,10-13H2,1-5H3,(H,29,33)(H,30,34)/t16?,17-,19+,20-,21+,23?,27?/m1/s1. The second kappa shape index (κ2) is 10.5. The summed E-state index contributed by atoms with van der Waals surface area (Å²) >= 11 is 8.08. The van der Waals surface area contributed by atoms with Crippen molar-refractivity contribution in [1.82, 2.24) is 10.2 Å². The van der Waals surface area contributed by atoms with E-state index < -0.39 is 28.7 Å². The lowest BCUT2D eigenvalue weighted by molar-refractivity contribution is -0.142. The van der Waals surface area contributed by atoms with Gasteiger partial charge >= 0.3 is 0 Å². The van der Waals surface area contributed by atoms with Gasteiger partial charge in [0.25, 0.3) is 0 Å². The minimum absolute atomic E-state index is 0.0111. The molecular weight excluding hydrogens is 498 g/mol. The van der Waals surface area contributed by atoms with Gasteiger partial charge in [-0.3, -0.25) is 14.4 Å². The van der Waals surface area contributed by atoms with Gasteiger partial charge in [0, 0.05) is 11.8 Å². The van der Waals surface area contributed by atoms with Crippen LogP contribution >= 0.6 is 23.4 Å². The molecule has 4 rings (SSSR count). The topological polar surface area (TPSA) is 98.7 Å². The van der Waals surface area contributed by atoms with Gasteiger partial charge in [-0.25, -0.2) is 0 Å². The number of carbonyl (C=O) groups is 3. The average molecular weight is 536 g/mol. The van der Waals surface area contributed by atoms with Gasteiger partial charge in [0.1, 0.15) is 6.04 Å². The van der Waals surface area contributed by atoms with Crippen LogP contribution in [0.15, 0.2) is 18.2 Å². The first kappa shape index (κ1) is 27.3. The highest BCUT2D eigenvalue weighted by Crippen LogP contribution is 2.69. The number of hydrogen-bond acceptors (Lipinski definition) is 5. The molecule has 1 spiro atoms. The van der Waals surface area contributed by atoms with E-state index in [1.54, 1.807) is 22.7 Å². The predicted molar refractivity (Wildman–Crippen MR) is 144 cm³/mol. The monoisotopic (exact) mass is 535 g/mol. The minimum atomic E-state index is -0.810. The third-order valence-corrected chi connectivity index (χ3v) is 10.5. The van der Waals surface area contributed by atoms with Crippen LogP contribution in [0.2, 0.25) is 5.02 Å². The highest BCUT2D eigenvalue weighted by molar-refractivity contribution is 8.02. The SMILES string of the molecule is CCCNC(=O)[C@@H]1[C@@H]2CC(C)C3(S2)C(C(=O)Nc2c(C)cccc2Cl)N([C@@H](CO)CC(C)C)C(=O)[C@H]13. The highest BCUT2D eigenvalue weighted by Gasteiger charge is 2.76. The Labute approximate surface area is 223 Å². The zero-order chi connectivity index (χ0) is 26.4. The molecule has 9 heteroatoms. The summed E-state index contributed by atoms with van der Waals surface area (Å²) in [7, 11) is 0. The molecule has 3 aliphatic rings. The number of amides is 3. The lowest BCUT2D eigenvalue weighted by Gasteiger charge is -2.40. The molecular formula is C27H38ClN3O4S. The van der Waals surface area contributed by atoms with E-state index in [4.69, 9.17) is 11.6 Å². The van der Waals surface area contributed by atoms with Gasteiger partial charge in [-0.1, -0.05) is 51.4 Å².